The van der Waals surface area contributed by atoms with Crippen molar-refractivity contribution in [2.45, 2.75) is 45.4 Å². The molecule has 0 aliphatic heterocycles. The number of nitrogens with one attached hydrogen (secondary N) is 2. The number of rotatable bonds is 6. The van der Waals surface area contributed by atoms with Gasteiger partial charge in [0.15, 0.2) is 0 Å². The summed E-state index contributed by atoms with van der Waals surface area (Å²) in [6, 6.07) is 0. The van der Waals surface area contributed by atoms with E-state index in [1.807, 2.05) is 20.8 Å². The third kappa shape index (κ3) is 4.44. The lowest BCUT2D eigenvalue weighted by atomic mass is 9.93. The van der Waals surface area contributed by atoms with Gasteiger partial charge in [-0.15, -0.1) is 10.2 Å². The van der Waals surface area contributed by atoms with Crippen molar-refractivity contribution in [2.24, 2.45) is 0 Å². The molecule has 0 unspecified atom stereocenters. The predicted octanol–water partition coefficient (Wildman–Crippen LogP) is 1.04. The third-order valence-corrected chi connectivity index (χ3v) is 2.53. The largest absolute Gasteiger partial charge is 0.396 e. The molecule has 18 heavy (non-hydrogen) atoms. The number of anilines is 1. The second-order valence-corrected chi connectivity index (χ2v) is 5.31. The van der Waals surface area contributed by atoms with E-state index in [1.165, 1.54) is 0 Å². The number of aliphatic hydroxyl groups excluding tert-OH is 1. The maximum atomic E-state index is 11.8. The Morgan fingerprint density at radius 1 is 1.22 bits per heavy atom. The zero-order valence-corrected chi connectivity index (χ0v) is 11.3. The number of aromatic nitrogens is 3. The molecule has 1 aromatic heterocycles. The molecule has 0 aliphatic rings. The average molecular weight is 254 g/mol. The Morgan fingerprint density at radius 2 is 1.94 bits per heavy atom. The van der Waals surface area contributed by atoms with E-state index in [1.54, 1.807) is 0 Å². The fraction of sp³-hybridized carbons (Fsp3) is 0.750. The van der Waals surface area contributed by atoms with Crippen LogP contribution in [0.1, 0.15) is 45.7 Å². The predicted molar refractivity (Wildman–Crippen MR) is 70.8 cm³/mol. The molecule has 1 rings (SSSR count). The maximum Gasteiger partial charge on any atom is 0.274 e. The van der Waals surface area contributed by atoms with Crippen LogP contribution in [0.15, 0.2) is 4.79 Å². The van der Waals surface area contributed by atoms with E-state index in [0.717, 1.165) is 19.3 Å². The molecule has 1 aromatic rings. The van der Waals surface area contributed by atoms with Crippen LogP contribution in [-0.2, 0) is 5.41 Å². The van der Waals surface area contributed by atoms with Gasteiger partial charge in [0.25, 0.3) is 5.56 Å². The summed E-state index contributed by atoms with van der Waals surface area (Å²) in [5.74, 6) is 0.400. The average Bonchev–Trinajstić information content (AvgIpc) is 2.27. The minimum absolute atomic E-state index is 0.199. The van der Waals surface area contributed by atoms with Gasteiger partial charge in [0.2, 0.25) is 5.95 Å². The third-order valence-electron chi connectivity index (χ3n) is 2.53. The fourth-order valence-electron chi connectivity index (χ4n) is 1.53. The van der Waals surface area contributed by atoms with Crippen LogP contribution in [0, 0.1) is 0 Å². The summed E-state index contributed by atoms with van der Waals surface area (Å²) < 4.78 is 0. The number of aliphatic hydroxyl groups is 1. The van der Waals surface area contributed by atoms with Crippen LogP contribution in [0.25, 0.3) is 0 Å². The summed E-state index contributed by atoms with van der Waals surface area (Å²) in [6.45, 7) is 6.70. The summed E-state index contributed by atoms with van der Waals surface area (Å²) in [5, 5.41) is 19.6. The molecule has 1 heterocycles. The van der Waals surface area contributed by atoms with Crippen molar-refractivity contribution < 1.29 is 5.11 Å². The molecule has 6 nitrogen and oxygen atoms in total. The highest BCUT2D eigenvalue weighted by Crippen LogP contribution is 2.15. The minimum atomic E-state index is -0.305. The van der Waals surface area contributed by atoms with E-state index in [-0.39, 0.29) is 17.6 Å². The van der Waals surface area contributed by atoms with Crippen LogP contribution in [0.2, 0.25) is 0 Å². The van der Waals surface area contributed by atoms with Crippen molar-refractivity contribution in [3.8, 4) is 0 Å². The van der Waals surface area contributed by atoms with E-state index in [9.17, 15) is 4.79 Å². The van der Waals surface area contributed by atoms with Gasteiger partial charge in [-0.2, -0.15) is 0 Å². The molecule has 0 fully saturated rings. The molecule has 0 saturated heterocycles. The summed E-state index contributed by atoms with van der Waals surface area (Å²) >= 11 is 0. The van der Waals surface area contributed by atoms with Crippen molar-refractivity contribution >= 4 is 5.95 Å². The van der Waals surface area contributed by atoms with Crippen LogP contribution >= 0.6 is 0 Å². The van der Waals surface area contributed by atoms with E-state index in [0.29, 0.717) is 18.2 Å². The second-order valence-electron chi connectivity index (χ2n) is 5.31. The van der Waals surface area contributed by atoms with Gasteiger partial charge in [-0.1, -0.05) is 20.8 Å². The Labute approximate surface area is 107 Å². The van der Waals surface area contributed by atoms with Gasteiger partial charge in [-0.3, -0.25) is 9.78 Å². The standard InChI is InChI=1S/C12H22N4O2/c1-12(2,3)9-10(18)14-11(16-15-9)13-7-5-4-6-8-17/h17H,4-8H2,1-3H3,(H2,13,14,16,18). The van der Waals surface area contributed by atoms with Gasteiger partial charge in [-0.25, -0.2) is 0 Å². The summed E-state index contributed by atoms with van der Waals surface area (Å²) in [6.07, 6.45) is 2.67. The molecule has 0 aliphatic carbocycles. The SMILES string of the molecule is CC(C)(C)c1nnc(NCCCCCO)[nH]c1=O. The van der Waals surface area contributed by atoms with Gasteiger partial charge in [-0.05, 0) is 19.3 Å². The number of nitrogens with zero attached hydrogens (tertiary/aromatic N) is 2. The molecule has 0 spiro atoms. The molecule has 0 amide bonds. The lowest BCUT2D eigenvalue weighted by Gasteiger charge is -2.15. The number of hydrogen-bond acceptors (Lipinski definition) is 5. The highest BCUT2D eigenvalue weighted by Gasteiger charge is 2.20. The molecule has 102 valence electrons. The molecular weight excluding hydrogens is 232 g/mol. The smallest absolute Gasteiger partial charge is 0.274 e. The first-order valence-corrected chi connectivity index (χ1v) is 6.27. The maximum absolute atomic E-state index is 11.8. The number of H-pyrrole nitrogens is 1. The van der Waals surface area contributed by atoms with Crippen molar-refractivity contribution in [1.29, 1.82) is 0 Å². The molecule has 0 saturated carbocycles. The van der Waals surface area contributed by atoms with Crippen molar-refractivity contribution in [1.82, 2.24) is 15.2 Å². The highest BCUT2D eigenvalue weighted by atomic mass is 16.2. The van der Waals surface area contributed by atoms with Crippen LogP contribution in [0.4, 0.5) is 5.95 Å². The van der Waals surface area contributed by atoms with Gasteiger partial charge >= 0.3 is 0 Å². The van der Waals surface area contributed by atoms with E-state index >= 15 is 0 Å². The minimum Gasteiger partial charge on any atom is -0.396 e. The first-order chi connectivity index (χ1) is 8.45. The number of hydrogen-bond donors (Lipinski definition) is 3. The van der Waals surface area contributed by atoms with Gasteiger partial charge in [0.05, 0.1) is 0 Å². The first-order valence-electron chi connectivity index (χ1n) is 6.27. The second kappa shape index (κ2) is 6.49. The summed E-state index contributed by atoms with van der Waals surface area (Å²) in [7, 11) is 0. The van der Waals surface area contributed by atoms with Crippen LogP contribution in [0.3, 0.4) is 0 Å². The zero-order valence-electron chi connectivity index (χ0n) is 11.3. The molecule has 0 bridgehead atoms. The number of aromatic amines is 1. The van der Waals surface area contributed by atoms with E-state index in [2.05, 4.69) is 20.5 Å². The Kier molecular flexibility index (Phi) is 5.27. The normalized spacial score (nSPS) is 11.6. The zero-order chi connectivity index (χ0) is 13.6. The fourth-order valence-corrected chi connectivity index (χ4v) is 1.53. The van der Waals surface area contributed by atoms with Crippen LogP contribution in [-0.4, -0.2) is 33.4 Å². The van der Waals surface area contributed by atoms with Crippen molar-refractivity contribution in [2.75, 3.05) is 18.5 Å². The summed E-state index contributed by atoms with van der Waals surface area (Å²) in [4.78, 5) is 14.5. The van der Waals surface area contributed by atoms with Gasteiger partial charge < -0.3 is 10.4 Å². The molecular formula is C12H22N4O2. The Hall–Kier alpha value is -1.43. The molecule has 0 atom stereocenters. The van der Waals surface area contributed by atoms with Crippen LogP contribution in [0.5, 0.6) is 0 Å². The van der Waals surface area contributed by atoms with E-state index in [4.69, 9.17) is 5.11 Å². The molecule has 0 aromatic carbocycles. The van der Waals surface area contributed by atoms with Crippen molar-refractivity contribution in [3.05, 3.63) is 16.0 Å². The van der Waals surface area contributed by atoms with Gasteiger partial charge in [0.1, 0.15) is 5.69 Å². The van der Waals surface area contributed by atoms with E-state index < -0.39 is 0 Å². The highest BCUT2D eigenvalue weighted by molar-refractivity contribution is 5.22. The lowest BCUT2D eigenvalue weighted by Crippen LogP contribution is -2.28. The van der Waals surface area contributed by atoms with Crippen LogP contribution < -0.4 is 10.9 Å². The Bertz CT molecular complexity index is 423. The molecule has 3 N–H and O–H groups in total. The molecule has 6 heteroatoms. The summed E-state index contributed by atoms with van der Waals surface area (Å²) in [5.41, 5.74) is -0.0658. The Morgan fingerprint density at radius 3 is 2.50 bits per heavy atom. The first kappa shape index (κ1) is 14.6. The monoisotopic (exact) mass is 254 g/mol. The Balaban J connectivity index is 2.55. The topological polar surface area (TPSA) is 90.9 Å². The number of unbranched alkanes of at least 4 members (excludes halogenated alkanes) is 2. The lowest BCUT2D eigenvalue weighted by molar-refractivity contribution is 0.283. The van der Waals surface area contributed by atoms with Gasteiger partial charge in [0, 0.05) is 18.6 Å². The molecule has 0 radical (unpaired) electrons. The van der Waals surface area contributed by atoms with Crippen molar-refractivity contribution in [3.63, 3.8) is 0 Å². The quantitative estimate of drug-likeness (QED) is 0.660.